The number of sulfone groups is 1. The minimum atomic E-state index is -4.81. The lowest BCUT2D eigenvalue weighted by Gasteiger charge is -2.14. The molecule has 1 aromatic rings. The van der Waals surface area contributed by atoms with Crippen molar-refractivity contribution in [2.45, 2.75) is 11.2 Å². The van der Waals surface area contributed by atoms with E-state index >= 15 is 0 Å². The summed E-state index contributed by atoms with van der Waals surface area (Å²) in [4.78, 5) is -0.103. The SMILES string of the molecule is COC(CS(=O)(=O)c1cccc(N)c1)OS(=O)(=O)O. The van der Waals surface area contributed by atoms with Crippen LogP contribution in [0.5, 0.6) is 0 Å². The second-order valence-electron chi connectivity index (χ2n) is 3.54. The van der Waals surface area contributed by atoms with E-state index < -0.39 is 32.3 Å². The maximum absolute atomic E-state index is 11.9. The van der Waals surface area contributed by atoms with Crippen molar-refractivity contribution in [2.75, 3.05) is 18.6 Å². The first-order chi connectivity index (χ1) is 8.64. The Morgan fingerprint density at radius 1 is 1.32 bits per heavy atom. The first-order valence-electron chi connectivity index (χ1n) is 4.91. The Balaban J connectivity index is 2.96. The molecule has 0 saturated heterocycles. The Bertz CT molecular complexity index is 638. The van der Waals surface area contributed by atoms with Crippen LogP contribution in [0.4, 0.5) is 5.69 Å². The molecule has 3 N–H and O–H groups in total. The fraction of sp³-hybridized carbons (Fsp3) is 0.333. The van der Waals surface area contributed by atoms with Gasteiger partial charge in [-0.15, -0.1) is 0 Å². The zero-order chi connectivity index (χ0) is 14.7. The standard InChI is InChI=1S/C9H13NO7S2/c1-16-9(17-19(13,14)15)6-18(11,12)8-4-2-3-7(10)5-8/h2-5,9H,6,10H2,1H3,(H,13,14,15). The molecule has 1 unspecified atom stereocenters. The van der Waals surface area contributed by atoms with Gasteiger partial charge in [-0.1, -0.05) is 6.07 Å². The molecule has 0 aromatic heterocycles. The molecule has 0 aliphatic carbocycles. The second kappa shape index (κ2) is 5.84. The van der Waals surface area contributed by atoms with Gasteiger partial charge < -0.3 is 10.5 Å². The summed E-state index contributed by atoms with van der Waals surface area (Å²) in [5, 5.41) is 0. The van der Waals surface area contributed by atoms with Gasteiger partial charge in [0.15, 0.2) is 16.1 Å². The van der Waals surface area contributed by atoms with Crippen molar-refractivity contribution >= 4 is 25.9 Å². The molecule has 0 fully saturated rings. The molecule has 0 heterocycles. The molecule has 0 radical (unpaired) electrons. The molecular formula is C9H13NO7S2. The first-order valence-corrected chi connectivity index (χ1v) is 7.92. The van der Waals surface area contributed by atoms with Gasteiger partial charge in [-0.05, 0) is 18.2 Å². The highest BCUT2D eigenvalue weighted by Gasteiger charge is 2.25. The van der Waals surface area contributed by atoms with E-state index in [1.165, 1.54) is 24.3 Å². The number of nitrogens with two attached hydrogens (primary N) is 1. The average molecular weight is 311 g/mol. The lowest BCUT2D eigenvalue weighted by Crippen LogP contribution is -2.28. The molecule has 0 amide bonds. The van der Waals surface area contributed by atoms with E-state index in [4.69, 9.17) is 10.3 Å². The van der Waals surface area contributed by atoms with Crippen LogP contribution in [0, 0.1) is 0 Å². The van der Waals surface area contributed by atoms with Crippen LogP contribution in [0.15, 0.2) is 29.2 Å². The van der Waals surface area contributed by atoms with Crippen molar-refractivity contribution in [3.8, 4) is 0 Å². The van der Waals surface area contributed by atoms with E-state index in [1.54, 1.807) is 0 Å². The zero-order valence-electron chi connectivity index (χ0n) is 9.88. The summed E-state index contributed by atoms with van der Waals surface area (Å²) in [5.74, 6) is -0.785. The molecule has 1 atom stereocenters. The van der Waals surface area contributed by atoms with Gasteiger partial charge in [-0.3, -0.25) is 4.55 Å². The van der Waals surface area contributed by atoms with E-state index in [0.717, 1.165) is 7.11 Å². The van der Waals surface area contributed by atoms with Crippen LogP contribution in [0.2, 0.25) is 0 Å². The Morgan fingerprint density at radius 3 is 2.42 bits per heavy atom. The second-order valence-corrected chi connectivity index (χ2v) is 6.63. The number of benzene rings is 1. The molecule has 8 nitrogen and oxygen atoms in total. The van der Waals surface area contributed by atoms with Crippen molar-refractivity contribution in [1.82, 2.24) is 0 Å². The van der Waals surface area contributed by atoms with Gasteiger partial charge in [-0.2, -0.15) is 8.42 Å². The van der Waals surface area contributed by atoms with Crippen molar-refractivity contribution < 1.29 is 30.3 Å². The highest BCUT2D eigenvalue weighted by atomic mass is 32.3. The number of hydrogen-bond donors (Lipinski definition) is 2. The van der Waals surface area contributed by atoms with Crippen molar-refractivity contribution in [3.05, 3.63) is 24.3 Å². The lowest BCUT2D eigenvalue weighted by atomic mass is 10.3. The molecule has 1 rings (SSSR count). The maximum atomic E-state index is 11.9. The van der Waals surface area contributed by atoms with E-state index in [9.17, 15) is 16.8 Å². The van der Waals surface area contributed by atoms with Crippen molar-refractivity contribution in [3.63, 3.8) is 0 Å². The summed E-state index contributed by atoms with van der Waals surface area (Å²) in [7, 11) is -7.64. The smallest absolute Gasteiger partial charge is 0.399 e. The van der Waals surface area contributed by atoms with E-state index in [0.29, 0.717) is 0 Å². The van der Waals surface area contributed by atoms with Gasteiger partial charge in [0, 0.05) is 12.8 Å². The van der Waals surface area contributed by atoms with Crippen LogP contribution in [-0.2, 0) is 29.2 Å². The summed E-state index contributed by atoms with van der Waals surface area (Å²) in [6.45, 7) is 0. The normalized spacial score (nSPS) is 14.2. The van der Waals surface area contributed by atoms with Crippen LogP contribution in [0.1, 0.15) is 0 Å². The Kier molecular flexibility index (Phi) is 4.87. The molecule has 0 aliphatic heterocycles. The fourth-order valence-electron chi connectivity index (χ4n) is 1.25. The van der Waals surface area contributed by atoms with Crippen LogP contribution >= 0.6 is 0 Å². The highest BCUT2D eigenvalue weighted by molar-refractivity contribution is 7.91. The molecule has 10 heteroatoms. The topological polar surface area (TPSA) is 133 Å². The highest BCUT2D eigenvalue weighted by Crippen LogP contribution is 2.16. The third kappa shape index (κ3) is 5.12. The molecule has 0 bridgehead atoms. The predicted molar refractivity (Wildman–Crippen MR) is 66.3 cm³/mol. The Hall–Kier alpha value is -1.20. The largest absolute Gasteiger partial charge is 0.399 e. The third-order valence-corrected chi connectivity index (χ3v) is 4.21. The third-order valence-electron chi connectivity index (χ3n) is 2.06. The van der Waals surface area contributed by atoms with E-state index in [-0.39, 0.29) is 10.6 Å². The number of ether oxygens (including phenoxy) is 1. The number of nitrogen functional groups attached to an aromatic ring is 1. The first kappa shape index (κ1) is 15.9. The van der Waals surface area contributed by atoms with Gasteiger partial charge >= 0.3 is 10.4 Å². The lowest BCUT2D eigenvalue weighted by molar-refractivity contribution is -0.0374. The summed E-state index contributed by atoms with van der Waals surface area (Å²) < 4.78 is 62.0. The van der Waals surface area contributed by atoms with Gasteiger partial charge in [0.2, 0.25) is 0 Å². The molecule has 0 aliphatic rings. The minimum absolute atomic E-state index is 0.103. The Labute approximate surface area is 111 Å². The maximum Gasteiger partial charge on any atom is 0.399 e. The van der Waals surface area contributed by atoms with Crippen molar-refractivity contribution in [2.24, 2.45) is 0 Å². The number of methoxy groups -OCH3 is 1. The monoisotopic (exact) mass is 311 g/mol. The molecule has 19 heavy (non-hydrogen) atoms. The number of anilines is 1. The minimum Gasteiger partial charge on any atom is -0.399 e. The summed E-state index contributed by atoms with van der Waals surface area (Å²) in [6, 6.07) is 5.45. The van der Waals surface area contributed by atoms with Crippen LogP contribution in [0.3, 0.4) is 0 Å². The summed E-state index contributed by atoms with van der Waals surface area (Å²) >= 11 is 0. The van der Waals surface area contributed by atoms with Gasteiger partial charge in [-0.25, -0.2) is 12.6 Å². The number of hydrogen-bond acceptors (Lipinski definition) is 7. The quantitative estimate of drug-likeness (QED) is 0.420. The molecule has 1 aromatic carbocycles. The average Bonchev–Trinajstić information content (AvgIpc) is 2.26. The fourth-order valence-corrected chi connectivity index (χ4v) is 3.11. The number of rotatable bonds is 6. The van der Waals surface area contributed by atoms with Gasteiger partial charge in [0.1, 0.15) is 5.75 Å². The van der Waals surface area contributed by atoms with Gasteiger partial charge in [0.25, 0.3) is 0 Å². The Morgan fingerprint density at radius 2 is 1.95 bits per heavy atom. The summed E-state index contributed by atoms with van der Waals surface area (Å²) in [6.07, 6.45) is -1.65. The molecule has 0 saturated carbocycles. The van der Waals surface area contributed by atoms with Crippen LogP contribution in [0.25, 0.3) is 0 Å². The molecule has 108 valence electrons. The van der Waals surface area contributed by atoms with Crippen LogP contribution < -0.4 is 5.73 Å². The predicted octanol–water partition coefficient (Wildman–Crippen LogP) is -0.166. The van der Waals surface area contributed by atoms with Crippen molar-refractivity contribution in [1.29, 1.82) is 0 Å². The summed E-state index contributed by atoms with van der Waals surface area (Å²) in [5.41, 5.74) is 5.70. The molecular weight excluding hydrogens is 298 g/mol. The van der Waals surface area contributed by atoms with Crippen LogP contribution in [-0.4, -0.2) is 40.5 Å². The van der Waals surface area contributed by atoms with E-state index in [2.05, 4.69) is 8.92 Å². The zero-order valence-corrected chi connectivity index (χ0v) is 11.5. The van der Waals surface area contributed by atoms with Gasteiger partial charge in [0.05, 0.1) is 4.90 Å². The van der Waals surface area contributed by atoms with E-state index in [1.807, 2.05) is 0 Å². The molecule has 0 spiro atoms.